The molecule has 0 bridgehead atoms. The lowest BCUT2D eigenvalue weighted by Crippen LogP contribution is -2.36. The molecule has 0 aliphatic carbocycles. The van der Waals surface area contributed by atoms with E-state index in [-0.39, 0.29) is 11.5 Å². The van der Waals surface area contributed by atoms with Crippen molar-refractivity contribution >= 4 is 23.6 Å². The molecule has 2 rings (SSSR count). The highest BCUT2D eigenvalue weighted by Crippen LogP contribution is 2.23. The Balaban J connectivity index is 2.15. The van der Waals surface area contributed by atoms with E-state index < -0.39 is 5.97 Å². The number of aromatic nitrogens is 1. The first-order valence-corrected chi connectivity index (χ1v) is 8.69. The van der Waals surface area contributed by atoms with E-state index in [1.807, 2.05) is 16.7 Å². The average Bonchev–Trinajstić information content (AvgIpc) is 2.72. The van der Waals surface area contributed by atoms with E-state index in [4.69, 9.17) is 5.11 Å². The number of hydrogen-bond acceptors (Lipinski definition) is 4. The summed E-state index contributed by atoms with van der Waals surface area (Å²) in [6.45, 7) is 5.26. The predicted molar refractivity (Wildman–Crippen MR) is 87.6 cm³/mol. The number of carboxylic acids is 1. The molecular formula is C16H22N2O3S. The Labute approximate surface area is 135 Å². The molecule has 0 aromatic carbocycles. The molecule has 6 heteroatoms. The summed E-state index contributed by atoms with van der Waals surface area (Å²) < 4.78 is 0. The van der Waals surface area contributed by atoms with Crippen LogP contribution < -0.4 is 0 Å². The number of likely N-dealkylation sites (tertiary alicyclic amines) is 1. The Morgan fingerprint density at radius 3 is 2.82 bits per heavy atom. The van der Waals surface area contributed by atoms with Crippen LogP contribution in [-0.4, -0.2) is 51.0 Å². The molecule has 1 N–H and O–H groups in total. The number of nitrogens with zero attached hydrogens (tertiary/aromatic N) is 2. The molecule has 0 spiro atoms. The first-order chi connectivity index (χ1) is 10.5. The van der Waals surface area contributed by atoms with Gasteiger partial charge in [0.1, 0.15) is 5.69 Å². The van der Waals surface area contributed by atoms with E-state index in [0.29, 0.717) is 16.6 Å². The second kappa shape index (κ2) is 7.63. The van der Waals surface area contributed by atoms with Crippen molar-refractivity contribution in [3.8, 4) is 0 Å². The second-order valence-corrected chi connectivity index (χ2v) is 7.04. The molecule has 1 aromatic rings. The van der Waals surface area contributed by atoms with Crippen LogP contribution in [0, 0.1) is 6.92 Å². The highest BCUT2D eigenvalue weighted by molar-refractivity contribution is 7.99. The van der Waals surface area contributed by atoms with Crippen molar-refractivity contribution in [1.82, 2.24) is 9.88 Å². The number of carbonyl (C=O) groups is 2. The maximum Gasteiger partial charge on any atom is 0.337 e. The van der Waals surface area contributed by atoms with E-state index in [2.05, 4.69) is 11.9 Å². The molecule has 1 unspecified atom stereocenters. The fourth-order valence-corrected chi connectivity index (χ4v) is 3.82. The van der Waals surface area contributed by atoms with Crippen LogP contribution in [0.5, 0.6) is 0 Å². The second-order valence-electron chi connectivity index (χ2n) is 5.46. The molecule has 0 radical (unpaired) electrons. The number of carbonyl (C=O) groups excluding carboxylic acids is 1. The van der Waals surface area contributed by atoms with Crippen LogP contribution in [0.4, 0.5) is 0 Å². The first kappa shape index (κ1) is 16.8. The standard InChI is InChI=1S/C16H22N2O3S/c1-3-22-12-6-4-5-9-18(10-12)15(19)14-8-7-13(16(20)21)11(2)17-14/h7-8,12H,3-6,9-10H2,1-2H3,(H,20,21). The molecule has 1 fully saturated rings. The highest BCUT2D eigenvalue weighted by atomic mass is 32.2. The minimum atomic E-state index is -1.02. The molecule has 1 atom stereocenters. The van der Waals surface area contributed by atoms with Gasteiger partial charge in [-0.05, 0) is 37.7 Å². The lowest BCUT2D eigenvalue weighted by atomic mass is 10.2. The molecule has 22 heavy (non-hydrogen) atoms. The van der Waals surface area contributed by atoms with Gasteiger partial charge in [-0.15, -0.1) is 0 Å². The van der Waals surface area contributed by atoms with Gasteiger partial charge in [0.2, 0.25) is 0 Å². The van der Waals surface area contributed by atoms with E-state index in [1.165, 1.54) is 12.1 Å². The van der Waals surface area contributed by atoms with E-state index in [0.717, 1.165) is 38.1 Å². The van der Waals surface area contributed by atoms with Crippen molar-refractivity contribution in [1.29, 1.82) is 0 Å². The summed E-state index contributed by atoms with van der Waals surface area (Å²) in [7, 11) is 0. The van der Waals surface area contributed by atoms with E-state index >= 15 is 0 Å². The van der Waals surface area contributed by atoms with Gasteiger partial charge in [0.05, 0.1) is 11.3 Å². The number of thioether (sulfide) groups is 1. The molecule has 1 aliphatic heterocycles. The van der Waals surface area contributed by atoms with Crippen molar-refractivity contribution in [2.45, 2.75) is 38.4 Å². The Kier molecular flexibility index (Phi) is 5.83. The fraction of sp³-hybridized carbons (Fsp3) is 0.562. The van der Waals surface area contributed by atoms with Crippen LogP contribution in [0.25, 0.3) is 0 Å². The number of aryl methyl sites for hydroxylation is 1. The quantitative estimate of drug-likeness (QED) is 0.923. The van der Waals surface area contributed by atoms with Crippen molar-refractivity contribution in [3.63, 3.8) is 0 Å². The van der Waals surface area contributed by atoms with Gasteiger partial charge >= 0.3 is 5.97 Å². The third kappa shape index (κ3) is 4.00. The van der Waals surface area contributed by atoms with Gasteiger partial charge in [-0.2, -0.15) is 11.8 Å². The maximum atomic E-state index is 12.6. The van der Waals surface area contributed by atoms with Gasteiger partial charge < -0.3 is 10.0 Å². The van der Waals surface area contributed by atoms with E-state index in [9.17, 15) is 9.59 Å². The Morgan fingerprint density at radius 1 is 1.41 bits per heavy atom. The van der Waals surface area contributed by atoms with Gasteiger partial charge in [-0.3, -0.25) is 4.79 Å². The lowest BCUT2D eigenvalue weighted by Gasteiger charge is -2.24. The summed E-state index contributed by atoms with van der Waals surface area (Å²) in [5.74, 6) is -0.0565. The molecule has 1 amide bonds. The molecule has 1 aromatic heterocycles. The SMILES string of the molecule is CCSC1CCCCN(C(=O)c2ccc(C(=O)O)c(C)n2)C1. The van der Waals surface area contributed by atoms with Gasteiger partial charge in [0.25, 0.3) is 5.91 Å². The minimum absolute atomic E-state index is 0.0939. The Morgan fingerprint density at radius 2 is 2.18 bits per heavy atom. The maximum absolute atomic E-state index is 12.6. The summed E-state index contributed by atoms with van der Waals surface area (Å²) in [5.41, 5.74) is 0.865. The number of aromatic carboxylic acids is 1. The number of carboxylic acid groups (broad SMARTS) is 1. The van der Waals surface area contributed by atoms with Crippen molar-refractivity contribution < 1.29 is 14.7 Å². The zero-order valence-corrected chi connectivity index (χ0v) is 13.9. The van der Waals surface area contributed by atoms with Gasteiger partial charge in [-0.1, -0.05) is 13.3 Å². The third-order valence-corrected chi connectivity index (χ3v) is 5.04. The fourth-order valence-electron chi connectivity index (χ4n) is 2.73. The number of amides is 1. The smallest absolute Gasteiger partial charge is 0.337 e. The summed E-state index contributed by atoms with van der Waals surface area (Å²) in [4.78, 5) is 29.7. The van der Waals surface area contributed by atoms with Crippen molar-refractivity contribution in [3.05, 3.63) is 29.1 Å². The minimum Gasteiger partial charge on any atom is -0.478 e. The summed E-state index contributed by atoms with van der Waals surface area (Å²) in [6, 6.07) is 2.99. The molecule has 5 nitrogen and oxygen atoms in total. The number of hydrogen-bond donors (Lipinski definition) is 1. The topological polar surface area (TPSA) is 70.5 Å². The normalized spacial score (nSPS) is 18.8. The first-order valence-electron chi connectivity index (χ1n) is 7.64. The van der Waals surface area contributed by atoms with Crippen LogP contribution >= 0.6 is 11.8 Å². The molecule has 2 heterocycles. The predicted octanol–water partition coefficient (Wildman–Crippen LogP) is 2.84. The van der Waals surface area contributed by atoms with Gasteiger partial charge in [0.15, 0.2) is 0 Å². The molecule has 120 valence electrons. The van der Waals surface area contributed by atoms with Crippen molar-refractivity contribution in [2.75, 3.05) is 18.8 Å². The molecular weight excluding hydrogens is 300 g/mol. The molecule has 1 saturated heterocycles. The Bertz CT molecular complexity index is 562. The van der Waals surface area contributed by atoms with E-state index in [1.54, 1.807) is 6.92 Å². The summed E-state index contributed by atoms with van der Waals surface area (Å²) >= 11 is 1.90. The zero-order valence-electron chi connectivity index (χ0n) is 13.0. The van der Waals surface area contributed by atoms with Crippen LogP contribution in [0.1, 0.15) is 52.7 Å². The monoisotopic (exact) mass is 322 g/mol. The van der Waals surface area contributed by atoms with Gasteiger partial charge in [-0.25, -0.2) is 9.78 Å². The summed E-state index contributed by atoms with van der Waals surface area (Å²) in [6.07, 6.45) is 3.30. The van der Waals surface area contributed by atoms with Crippen LogP contribution in [0.3, 0.4) is 0 Å². The third-order valence-electron chi connectivity index (χ3n) is 3.85. The Hall–Kier alpha value is -1.56. The lowest BCUT2D eigenvalue weighted by molar-refractivity contribution is 0.0692. The average molecular weight is 322 g/mol. The van der Waals surface area contributed by atoms with Crippen LogP contribution in [0.2, 0.25) is 0 Å². The van der Waals surface area contributed by atoms with Crippen LogP contribution in [-0.2, 0) is 0 Å². The highest BCUT2D eigenvalue weighted by Gasteiger charge is 2.24. The molecule has 1 aliphatic rings. The zero-order chi connectivity index (χ0) is 16.1. The van der Waals surface area contributed by atoms with Crippen LogP contribution in [0.15, 0.2) is 12.1 Å². The summed E-state index contributed by atoms with van der Waals surface area (Å²) in [5, 5.41) is 9.52. The largest absolute Gasteiger partial charge is 0.478 e. The van der Waals surface area contributed by atoms with Crippen molar-refractivity contribution in [2.24, 2.45) is 0 Å². The van der Waals surface area contributed by atoms with Gasteiger partial charge in [0, 0.05) is 18.3 Å². The molecule has 0 saturated carbocycles. The number of rotatable bonds is 4. The number of pyridine rings is 1.